The van der Waals surface area contributed by atoms with E-state index < -0.39 is 11.4 Å². The van der Waals surface area contributed by atoms with Crippen LogP contribution in [0.3, 0.4) is 0 Å². The summed E-state index contributed by atoms with van der Waals surface area (Å²) in [5.41, 5.74) is 8.71. The van der Waals surface area contributed by atoms with Crippen molar-refractivity contribution in [2.24, 2.45) is 5.73 Å². The molecule has 0 saturated carbocycles. The molecule has 3 N–H and O–H groups in total. The van der Waals surface area contributed by atoms with Gasteiger partial charge in [0.2, 0.25) is 0 Å². The second-order valence-electron chi connectivity index (χ2n) is 5.57. The first-order valence-electron chi connectivity index (χ1n) is 7.05. The number of hydrogen-bond acceptors (Lipinski definition) is 2. The largest absolute Gasteiger partial charge is 0.481 e. The van der Waals surface area contributed by atoms with E-state index >= 15 is 0 Å². The first-order chi connectivity index (χ1) is 9.99. The van der Waals surface area contributed by atoms with Crippen molar-refractivity contribution in [2.75, 3.05) is 6.54 Å². The molecule has 3 heteroatoms. The SMILES string of the molecule is Cc1ccc(CC(CN)(C(=O)O)c2ccccc2C)cc1. The second kappa shape index (κ2) is 6.10. The lowest BCUT2D eigenvalue weighted by Gasteiger charge is -2.30. The highest BCUT2D eigenvalue weighted by Crippen LogP contribution is 2.30. The summed E-state index contributed by atoms with van der Waals surface area (Å²) in [6.07, 6.45) is 0.393. The molecule has 0 bridgehead atoms. The van der Waals surface area contributed by atoms with Crippen molar-refractivity contribution >= 4 is 5.97 Å². The summed E-state index contributed by atoms with van der Waals surface area (Å²) < 4.78 is 0. The quantitative estimate of drug-likeness (QED) is 0.887. The van der Waals surface area contributed by atoms with Crippen molar-refractivity contribution in [3.8, 4) is 0 Å². The minimum absolute atomic E-state index is 0.0705. The number of aryl methyl sites for hydroxylation is 2. The molecule has 0 radical (unpaired) electrons. The highest BCUT2D eigenvalue weighted by molar-refractivity contribution is 5.83. The zero-order valence-corrected chi connectivity index (χ0v) is 12.5. The van der Waals surface area contributed by atoms with Gasteiger partial charge in [-0.3, -0.25) is 4.79 Å². The summed E-state index contributed by atoms with van der Waals surface area (Å²) in [4.78, 5) is 12.0. The summed E-state index contributed by atoms with van der Waals surface area (Å²) in [6.45, 7) is 4.01. The third-order valence-corrected chi connectivity index (χ3v) is 4.04. The number of carbonyl (C=O) groups is 1. The van der Waals surface area contributed by atoms with Gasteiger partial charge in [-0.15, -0.1) is 0 Å². The van der Waals surface area contributed by atoms with E-state index in [1.54, 1.807) is 0 Å². The average molecular weight is 283 g/mol. The maximum absolute atomic E-state index is 12.0. The Morgan fingerprint density at radius 2 is 1.71 bits per heavy atom. The number of nitrogens with two attached hydrogens (primary N) is 1. The van der Waals surface area contributed by atoms with Crippen molar-refractivity contribution < 1.29 is 9.90 Å². The smallest absolute Gasteiger partial charge is 0.315 e. The van der Waals surface area contributed by atoms with Crippen LogP contribution in [0.25, 0.3) is 0 Å². The first-order valence-corrected chi connectivity index (χ1v) is 7.05. The van der Waals surface area contributed by atoms with Gasteiger partial charge >= 0.3 is 5.97 Å². The standard InChI is InChI=1S/C18H21NO2/c1-13-7-9-15(10-8-13)11-18(12-19,17(20)21)16-6-4-3-5-14(16)2/h3-10H,11-12,19H2,1-2H3,(H,20,21). The maximum atomic E-state index is 12.0. The lowest BCUT2D eigenvalue weighted by Crippen LogP contribution is -2.45. The van der Waals surface area contributed by atoms with Gasteiger partial charge in [-0.25, -0.2) is 0 Å². The molecule has 0 aliphatic carbocycles. The topological polar surface area (TPSA) is 63.3 Å². The van der Waals surface area contributed by atoms with E-state index in [0.29, 0.717) is 6.42 Å². The first kappa shape index (κ1) is 15.3. The van der Waals surface area contributed by atoms with Crippen molar-refractivity contribution in [1.82, 2.24) is 0 Å². The predicted molar refractivity (Wildman–Crippen MR) is 84.4 cm³/mol. The molecule has 0 saturated heterocycles. The molecule has 2 aromatic carbocycles. The Bertz CT molecular complexity index is 634. The third kappa shape index (κ3) is 2.98. The van der Waals surface area contributed by atoms with E-state index in [1.807, 2.05) is 62.4 Å². The minimum atomic E-state index is -1.08. The van der Waals surface area contributed by atoms with Crippen molar-refractivity contribution in [1.29, 1.82) is 0 Å². The van der Waals surface area contributed by atoms with Crippen LogP contribution in [0.4, 0.5) is 0 Å². The predicted octanol–water partition coefficient (Wildman–Crippen LogP) is 2.83. The Labute approximate surface area is 125 Å². The fourth-order valence-electron chi connectivity index (χ4n) is 2.72. The van der Waals surface area contributed by atoms with Gasteiger partial charge in [0.15, 0.2) is 0 Å². The van der Waals surface area contributed by atoms with Gasteiger partial charge in [0.25, 0.3) is 0 Å². The van der Waals surface area contributed by atoms with Crippen LogP contribution in [0.15, 0.2) is 48.5 Å². The van der Waals surface area contributed by atoms with E-state index in [2.05, 4.69) is 0 Å². The molecular weight excluding hydrogens is 262 g/mol. The molecule has 110 valence electrons. The summed E-state index contributed by atoms with van der Waals surface area (Å²) in [6, 6.07) is 15.5. The summed E-state index contributed by atoms with van der Waals surface area (Å²) in [7, 11) is 0. The van der Waals surface area contributed by atoms with Gasteiger partial charge in [0, 0.05) is 6.54 Å². The lowest BCUT2D eigenvalue weighted by molar-refractivity contribution is -0.143. The Kier molecular flexibility index (Phi) is 4.43. The van der Waals surface area contributed by atoms with Crippen molar-refractivity contribution in [2.45, 2.75) is 25.7 Å². The van der Waals surface area contributed by atoms with E-state index in [9.17, 15) is 9.90 Å². The summed E-state index contributed by atoms with van der Waals surface area (Å²) >= 11 is 0. The van der Waals surface area contributed by atoms with Gasteiger partial charge in [-0.2, -0.15) is 0 Å². The molecule has 0 aliphatic heterocycles. The number of rotatable bonds is 5. The molecule has 0 aliphatic rings. The van der Waals surface area contributed by atoms with Gasteiger partial charge < -0.3 is 10.8 Å². The van der Waals surface area contributed by atoms with Crippen LogP contribution >= 0.6 is 0 Å². The zero-order valence-electron chi connectivity index (χ0n) is 12.5. The highest BCUT2D eigenvalue weighted by Gasteiger charge is 2.40. The van der Waals surface area contributed by atoms with Crippen LogP contribution in [0.5, 0.6) is 0 Å². The van der Waals surface area contributed by atoms with E-state index in [-0.39, 0.29) is 6.54 Å². The summed E-state index contributed by atoms with van der Waals surface area (Å²) in [5, 5.41) is 9.84. The molecule has 0 amide bonds. The van der Waals surface area contributed by atoms with Crippen molar-refractivity contribution in [3.63, 3.8) is 0 Å². The van der Waals surface area contributed by atoms with Gasteiger partial charge in [0.1, 0.15) is 5.41 Å². The van der Waals surface area contributed by atoms with E-state index in [1.165, 1.54) is 0 Å². The molecule has 2 rings (SSSR count). The van der Waals surface area contributed by atoms with Crippen LogP contribution < -0.4 is 5.73 Å². The molecule has 3 nitrogen and oxygen atoms in total. The number of hydrogen-bond donors (Lipinski definition) is 2. The molecular formula is C18H21NO2. The van der Waals surface area contributed by atoms with Crippen LogP contribution in [-0.2, 0) is 16.6 Å². The molecule has 0 fully saturated rings. The molecule has 21 heavy (non-hydrogen) atoms. The Morgan fingerprint density at radius 1 is 1.10 bits per heavy atom. The van der Waals surface area contributed by atoms with Crippen LogP contribution in [0.2, 0.25) is 0 Å². The Hall–Kier alpha value is -2.13. The number of benzene rings is 2. The maximum Gasteiger partial charge on any atom is 0.315 e. The number of carboxylic acids is 1. The molecule has 0 aromatic heterocycles. The molecule has 2 aromatic rings. The second-order valence-corrected chi connectivity index (χ2v) is 5.57. The molecule has 1 atom stereocenters. The summed E-state index contributed by atoms with van der Waals surface area (Å²) in [5.74, 6) is -0.875. The number of carboxylic acid groups (broad SMARTS) is 1. The van der Waals surface area contributed by atoms with E-state index in [4.69, 9.17) is 5.73 Å². The minimum Gasteiger partial charge on any atom is -0.481 e. The normalized spacial score (nSPS) is 13.7. The highest BCUT2D eigenvalue weighted by atomic mass is 16.4. The monoisotopic (exact) mass is 283 g/mol. The molecule has 1 unspecified atom stereocenters. The average Bonchev–Trinajstić information content (AvgIpc) is 2.47. The van der Waals surface area contributed by atoms with Gasteiger partial charge in [0.05, 0.1) is 0 Å². The van der Waals surface area contributed by atoms with E-state index in [0.717, 1.165) is 22.3 Å². The zero-order chi connectivity index (χ0) is 15.5. The van der Waals surface area contributed by atoms with Crippen molar-refractivity contribution in [3.05, 3.63) is 70.8 Å². The van der Waals surface area contributed by atoms with Gasteiger partial charge in [-0.1, -0.05) is 54.1 Å². The van der Waals surface area contributed by atoms with Crippen LogP contribution in [0.1, 0.15) is 22.3 Å². The molecule has 0 spiro atoms. The molecule has 0 heterocycles. The van der Waals surface area contributed by atoms with Gasteiger partial charge in [-0.05, 0) is 37.0 Å². The fraction of sp³-hybridized carbons (Fsp3) is 0.278. The Morgan fingerprint density at radius 3 is 2.24 bits per heavy atom. The lowest BCUT2D eigenvalue weighted by atomic mass is 9.74. The Balaban J connectivity index is 2.50. The fourth-order valence-corrected chi connectivity index (χ4v) is 2.72. The van der Waals surface area contributed by atoms with Crippen LogP contribution in [-0.4, -0.2) is 17.6 Å². The number of aliphatic carboxylic acids is 1. The third-order valence-electron chi connectivity index (χ3n) is 4.04. The van der Waals surface area contributed by atoms with Crippen LogP contribution in [0, 0.1) is 13.8 Å².